The van der Waals surface area contributed by atoms with Crippen LogP contribution in [0.15, 0.2) is 0 Å². The SMILES string of the molecule is CCCCCCC1CCC2NC(N(C)CC(C)C(=O)O)CC(C3CCC(C)CC3)C2C1. The fourth-order valence-electron chi connectivity index (χ4n) is 7.05. The van der Waals surface area contributed by atoms with Crippen molar-refractivity contribution in [2.75, 3.05) is 13.6 Å². The highest BCUT2D eigenvalue weighted by Gasteiger charge is 2.45. The number of nitrogens with zero attached hydrogens (tertiary/aromatic N) is 1. The van der Waals surface area contributed by atoms with Crippen molar-refractivity contribution >= 4 is 5.97 Å². The summed E-state index contributed by atoms with van der Waals surface area (Å²) in [5.41, 5.74) is 0. The second-order valence-corrected chi connectivity index (χ2v) is 11.6. The minimum atomic E-state index is -0.679. The molecule has 0 aromatic heterocycles. The summed E-state index contributed by atoms with van der Waals surface area (Å²) in [5.74, 6) is 3.40. The third-order valence-electron chi connectivity index (χ3n) is 9.11. The minimum absolute atomic E-state index is 0.308. The average molecular weight is 435 g/mol. The highest BCUT2D eigenvalue weighted by molar-refractivity contribution is 5.69. The Labute approximate surface area is 191 Å². The molecule has 180 valence electrons. The fourth-order valence-corrected chi connectivity index (χ4v) is 7.05. The van der Waals surface area contributed by atoms with E-state index in [2.05, 4.69) is 31.1 Å². The Hall–Kier alpha value is -0.610. The zero-order valence-electron chi connectivity index (χ0n) is 20.8. The fraction of sp³-hybridized carbons (Fsp3) is 0.963. The first-order valence-corrected chi connectivity index (χ1v) is 13.6. The number of carbonyl (C=O) groups is 1. The average Bonchev–Trinajstić information content (AvgIpc) is 2.76. The van der Waals surface area contributed by atoms with Gasteiger partial charge in [-0.15, -0.1) is 0 Å². The monoisotopic (exact) mass is 434 g/mol. The number of unbranched alkanes of at least 4 members (excludes halogenated alkanes) is 3. The first kappa shape index (κ1) is 25.0. The van der Waals surface area contributed by atoms with Crippen molar-refractivity contribution in [1.82, 2.24) is 10.2 Å². The van der Waals surface area contributed by atoms with Crippen LogP contribution in [0.4, 0.5) is 0 Å². The molecule has 2 saturated carbocycles. The van der Waals surface area contributed by atoms with Crippen LogP contribution in [0.3, 0.4) is 0 Å². The third kappa shape index (κ3) is 6.93. The van der Waals surface area contributed by atoms with E-state index in [1.165, 1.54) is 83.5 Å². The Bertz CT molecular complexity index is 545. The first-order valence-electron chi connectivity index (χ1n) is 13.6. The molecule has 0 aromatic rings. The maximum Gasteiger partial charge on any atom is 0.307 e. The second-order valence-electron chi connectivity index (χ2n) is 11.6. The molecule has 6 unspecified atom stereocenters. The van der Waals surface area contributed by atoms with Crippen LogP contribution in [0.1, 0.15) is 104 Å². The van der Waals surface area contributed by atoms with Crippen LogP contribution in [-0.2, 0) is 4.79 Å². The maximum atomic E-state index is 11.4. The molecule has 1 aliphatic heterocycles. The van der Waals surface area contributed by atoms with E-state index >= 15 is 0 Å². The molecule has 6 atom stereocenters. The lowest BCUT2D eigenvalue weighted by Gasteiger charge is -2.52. The molecular formula is C27H50N2O2. The molecule has 31 heavy (non-hydrogen) atoms. The molecule has 2 N–H and O–H groups in total. The van der Waals surface area contributed by atoms with Gasteiger partial charge in [-0.25, -0.2) is 0 Å². The number of hydrogen-bond donors (Lipinski definition) is 2. The Balaban J connectivity index is 1.65. The summed E-state index contributed by atoms with van der Waals surface area (Å²) in [6, 6.07) is 0.637. The van der Waals surface area contributed by atoms with Crippen LogP contribution < -0.4 is 5.32 Å². The van der Waals surface area contributed by atoms with Crippen LogP contribution in [0.5, 0.6) is 0 Å². The Morgan fingerprint density at radius 1 is 1.03 bits per heavy atom. The quantitative estimate of drug-likeness (QED) is 0.405. The van der Waals surface area contributed by atoms with E-state index in [0.717, 1.165) is 29.6 Å². The molecule has 1 saturated heterocycles. The van der Waals surface area contributed by atoms with Crippen molar-refractivity contribution in [2.24, 2.45) is 35.5 Å². The van der Waals surface area contributed by atoms with Crippen molar-refractivity contribution in [3.8, 4) is 0 Å². The Kier molecular flexibility index (Phi) is 9.70. The third-order valence-corrected chi connectivity index (χ3v) is 9.11. The molecule has 0 amide bonds. The number of carboxylic acids is 1. The van der Waals surface area contributed by atoms with Crippen LogP contribution in [0.25, 0.3) is 0 Å². The van der Waals surface area contributed by atoms with E-state index < -0.39 is 5.97 Å². The molecule has 3 aliphatic rings. The highest BCUT2D eigenvalue weighted by Crippen LogP contribution is 2.47. The number of piperidine rings is 1. The van der Waals surface area contributed by atoms with E-state index in [0.29, 0.717) is 18.8 Å². The van der Waals surface area contributed by atoms with E-state index in [9.17, 15) is 9.90 Å². The molecule has 0 aromatic carbocycles. The molecule has 4 nitrogen and oxygen atoms in total. The van der Waals surface area contributed by atoms with Gasteiger partial charge in [0, 0.05) is 12.6 Å². The van der Waals surface area contributed by atoms with Gasteiger partial charge in [-0.2, -0.15) is 0 Å². The standard InChI is InChI=1S/C27H50N2O2/c1-5-6-7-8-9-21-12-15-25-24(16-21)23(22-13-10-19(2)11-14-22)17-26(28-25)29(4)18-20(3)27(30)31/h19-26,28H,5-18H2,1-4H3,(H,30,31). The molecule has 4 heteroatoms. The molecule has 0 spiro atoms. The van der Waals surface area contributed by atoms with Crippen LogP contribution >= 0.6 is 0 Å². The van der Waals surface area contributed by atoms with Crippen molar-refractivity contribution in [3.63, 3.8) is 0 Å². The number of carboxylic acid groups (broad SMARTS) is 1. The van der Waals surface area contributed by atoms with E-state index in [-0.39, 0.29) is 5.92 Å². The summed E-state index contributed by atoms with van der Waals surface area (Å²) in [4.78, 5) is 13.7. The highest BCUT2D eigenvalue weighted by atomic mass is 16.4. The largest absolute Gasteiger partial charge is 0.481 e. The Morgan fingerprint density at radius 2 is 1.77 bits per heavy atom. The molecule has 2 aliphatic carbocycles. The second kappa shape index (κ2) is 12.0. The summed E-state index contributed by atoms with van der Waals surface area (Å²) in [5, 5.41) is 13.4. The first-order chi connectivity index (χ1) is 14.9. The maximum absolute atomic E-state index is 11.4. The van der Waals surface area contributed by atoms with Gasteiger partial charge in [-0.1, -0.05) is 65.7 Å². The molecule has 0 radical (unpaired) electrons. The van der Waals surface area contributed by atoms with Gasteiger partial charge >= 0.3 is 5.97 Å². The summed E-state index contributed by atoms with van der Waals surface area (Å²) in [6.45, 7) is 7.21. The lowest BCUT2D eigenvalue weighted by atomic mass is 9.61. The zero-order chi connectivity index (χ0) is 22.4. The number of nitrogens with one attached hydrogen (secondary N) is 1. The molecule has 1 heterocycles. The van der Waals surface area contributed by atoms with Crippen LogP contribution in [0.2, 0.25) is 0 Å². The van der Waals surface area contributed by atoms with Gasteiger partial charge in [-0.3, -0.25) is 15.0 Å². The summed E-state index contributed by atoms with van der Waals surface area (Å²) >= 11 is 0. The normalized spacial score (nSPS) is 37.4. The van der Waals surface area contributed by atoms with Crippen LogP contribution in [-0.4, -0.2) is 41.8 Å². The molecule has 0 bridgehead atoms. The number of hydrogen-bond acceptors (Lipinski definition) is 3. The zero-order valence-corrected chi connectivity index (χ0v) is 20.8. The van der Waals surface area contributed by atoms with Crippen molar-refractivity contribution in [1.29, 1.82) is 0 Å². The van der Waals surface area contributed by atoms with Gasteiger partial charge in [0.2, 0.25) is 0 Å². The lowest BCUT2D eigenvalue weighted by molar-refractivity contribution is -0.142. The van der Waals surface area contributed by atoms with Gasteiger partial charge in [0.1, 0.15) is 0 Å². The topological polar surface area (TPSA) is 52.6 Å². The molecule has 3 fully saturated rings. The van der Waals surface area contributed by atoms with Gasteiger partial charge < -0.3 is 5.11 Å². The Morgan fingerprint density at radius 3 is 2.45 bits per heavy atom. The number of aliphatic carboxylic acids is 1. The van der Waals surface area contributed by atoms with Gasteiger partial charge in [0.15, 0.2) is 0 Å². The van der Waals surface area contributed by atoms with Gasteiger partial charge in [-0.05, 0) is 75.2 Å². The van der Waals surface area contributed by atoms with Gasteiger partial charge in [0.05, 0.1) is 12.1 Å². The molecular weight excluding hydrogens is 384 g/mol. The van der Waals surface area contributed by atoms with E-state index in [1.807, 2.05) is 6.92 Å². The number of fused-ring (bicyclic) bond motifs is 1. The predicted molar refractivity (Wildman–Crippen MR) is 129 cm³/mol. The molecule has 3 rings (SSSR count). The smallest absolute Gasteiger partial charge is 0.307 e. The van der Waals surface area contributed by atoms with E-state index in [4.69, 9.17) is 0 Å². The van der Waals surface area contributed by atoms with Crippen molar-refractivity contribution in [2.45, 2.75) is 116 Å². The summed E-state index contributed by atoms with van der Waals surface area (Å²) < 4.78 is 0. The van der Waals surface area contributed by atoms with Crippen molar-refractivity contribution < 1.29 is 9.90 Å². The summed E-state index contributed by atoms with van der Waals surface area (Å²) in [7, 11) is 2.14. The number of rotatable bonds is 10. The van der Waals surface area contributed by atoms with Crippen molar-refractivity contribution in [3.05, 3.63) is 0 Å². The van der Waals surface area contributed by atoms with E-state index in [1.54, 1.807) is 0 Å². The summed E-state index contributed by atoms with van der Waals surface area (Å²) in [6.07, 6.45) is 18.3. The lowest BCUT2D eigenvalue weighted by Crippen LogP contribution is -2.60. The predicted octanol–water partition coefficient (Wildman–Crippen LogP) is 6.16. The van der Waals surface area contributed by atoms with Gasteiger partial charge in [0.25, 0.3) is 0 Å². The van der Waals surface area contributed by atoms with Crippen LogP contribution in [0, 0.1) is 35.5 Å². The minimum Gasteiger partial charge on any atom is -0.481 e.